The summed E-state index contributed by atoms with van der Waals surface area (Å²) in [6, 6.07) is 11.5. The summed E-state index contributed by atoms with van der Waals surface area (Å²) in [5.41, 5.74) is 2.56. The third kappa shape index (κ3) is 5.39. The minimum absolute atomic E-state index is 0.0389. The Morgan fingerprint density at radius 3 is 2.38 bits per heavy atom. The van der Waals surface area contributed by atoms with E-state index in [1.165, 1.54) is 0 Å². The van der Waals surface area contributed by atoms with E-state index in [0.29, 0.717) is 24.3 Å². The summed E-state index contributed by atoms with van der Waals surface area (Å²) in [4.78, 5) is 28.7. The van der Waals surface area contributed by atoms with Crippen LogP contribution >= 0.6 is 15.9 Å². The molecule has 1 aromatic heterocycles. The standard InChI is InChI=1S/C20H24BrN3O2/c1-13-16(18(25)22-10-11-23-19(26)20(2,3)4)8-9-17(24-13)14-6-5-7-15(21)12-14/h5-9,12H,10-11H2,1-4H3,(H,22,25)(H,23,26). The maximum absolute atomic E-state index is 12.3. The van der Waals surface area contributed by atoms with Gasteiger partial charge in [0.05, 0.1) is 17.0 Å². The number of aromatic nitrogens is 1. The number of halogens is 1. The molecule has 0 aliphatic rings. The highest BCUT2D eigenvalue weighted by Crippen LogP contribution is 2.22. The summed E-state index contributed by atoms with van der Waals surface area (Å²) in [6.45, 7) is 8.13. The first-order chi connectivity index (χ1) is 12.2. The smallest absolute Gasteiger partial charge is 0.253 e. The highest BCUT2D eigenvalue weighted by Gasteiger charge is 2.20. The lowest BCUT2D eigenvalue weighted by atomic mass is 9.96. The van der Waals surface area contributed by atoms with Gasteiger partial charge in [-0.25, -0.2) is 0 Å². The molecule has 2 N–H and O–H groups in total. The van der Waals surface area contributed by atoms with E-state index in [1.807, 2.05) is 58.0 Å². The fraction of sp³-hybridized carbons (Fsp3) is 0.350. The highest BCUT2D eigenvalue weighted by atomic mass is 79.9. The molecule has 2 amide bonds. The fourth-order valence-corrected chi connectivity index (χ4v) is 2.72. The Morgan fingerprint density at radius 2 is 1.77 bits per heavy atom. The summed E-state index contributed by atoms with van der Waals surface area (Å²) >= 11 is 3.45. The Labute approximate surface area is 162 Å². The van der Waals surface area contributed by atoms with E-state index in [-0.39, 0.29) is 11.8 Å². The SMILES string of the molecule is Cc1nc(-c2cccc(Br)c2)ccc1C(=O)NCCNC(=O)C(C)(C)C. The molecule has 0 unspecified atom stereocenters. The van der Waals surface area contributed by atoms with Crippen molar-refractivity contribution in [2.45, 2.75) is 27.7 Å². The third-order valence-electron chi connectivity index (χ3n) is 3.83. The second kappa shape index (κ2) is 8.45. The van der Waals surface area contributed by atoms with E-state index >= 15 is 0 Å². The first-order valence-corrected chi connectivity index (χ1v) is 9.28. The molecule has 0 bridgehead atoms. The van der Waals surface area contributed by atoms with Gasteiger partial charge in [-0.05, 0) is 31.2 Å². The molecule has 1 aromatic carbocycles. The van der Waals surface area contributed by atoms with Crippen molar-refractivity contribution in [3.8, 4) is 11.3 Å². The van der Waals surface area contributed by atoms with Gasteiger partial charge in [-0.15, -0.1) is 0 Å². The molecule has 5 nitrogen and oxygen atoms in total. The number of amides is 2. The van der Waals surface area contributed by atoms with Crippen LogP contribution < -0.4 is 10.6 Å². The topological polar surface area (TPSA) is 71.1 Å². The van der Waals surface area contributed by atoms with Crippen LogP contribution in [0.5, 0.6) is 0 Å². The molecule has 2 aromatic rings. The van der Waals surface area contributed by atoms with Crippen LogP contribution in [-0.4, -0.2) is 29.9 Å². The van der Waals surface area contributed by atoms with Crippen molar-refractivity contribution >= 4 is 27.7 Å². The predicted molar refractivity (Wildman–Crippen MR) is 107 cm³/mol. The Balaban J connectivity index is 1.96. The third-order valence-corrected chi connectivity index (χ3v) is 4.32. The van der Waals surface area contributed by atoms with Gasteiger partial charge in [0, 0.05) is 28.5 Å². The van der Waals surface area contributed by atoms with E-state index < -0.39 is 5.41 Å². The number of nitrogens with zero attached hydrogens (tertiary/aromatic N) is 1. The van der Waals surface area contributed by atoms with Crippen LogP contribution in [0.1, 0.15) is 36.8 Å². The molecule has 0 atom stereocenters. The minimum Gasteiger partial charge on any atom is -0.354 e. The van der Waals surface area contributed by atoms with Crippen molar-refractivity contribution in [2.75, 3.05) is 13.1 Å². The van der Waals surface area contributed by atoms with E-state index in [1.54, 1.807) is 6.07 Å². The predicted octanol–water partition coefficient (Wildman–Crippen LogP) is 3.71. The van der Waals surface area contributed by atoms with Gasteiger partial charge in [-0.3, -0.25) is 14.6 Å². The Morgan fingerprint density at radius 1 is 1.08 bits per heavy atom. The molecular formula is C20H24BrN3O2. The molecule has 1 heterocycles. The van der Waals surface area contributed by atoms with E-state index in [2.05, 4.69) is 31.5 Å². The van der Waals surface area contributed by atoms with Crippen molar-refractivity contribution in [3.05, 3.63) is 52.1 Å². The average molecular weight is 418 g/mol. The van der Waals surface area contributed by atoms with Crippen molar-refractivity contribution in [2.24, 2.45) is 5.41 Å². The molecule has 0 radical (unpaired) electrons. The molecule has 0 saturated heterocycles. The van der Waals surface area contributed by atoms with Gasteiger partial charge in [0.2, 0.25) is 5.91 Å². The van der Waals surface area contributed by atoms with Gasteiger partial charge in [-0.2, -0.15) is 0 Å². The molecular weight excluding hydrogens is 394 g/mol. The van der Waals surface area contributed by atoms with Gasteiger partial charge in [0.15, 0.2) is 0 Å². The van der Waals surface area contributed by atoms with Crippen LogP contribution in [0.2, 0.25) is 0 Å². The summed E-state index contributed by atoms with van der Waals surface area (Å²) < 4.78 is 0.980. The average Bonchev–Trinajstić information content (AvgIpc) is 2.57. The molecule has 138 valence electrons. The van der Waals surface area contributed by atoms with E-state index in [0.717, 1.165) is 15.7 Å². The molecule has 0 aliphatic carbocycles. The van der Waals surface area contributed by atoms with Crippen LogP contribution in [0.25, 0.3) is 11.3 Å². The lowest BCUT2D eigenvalue weighted by Gasteiger charge is -2.17. The normalized spacial score (nSPS) is 11.1. The number of hydrogen-bond acceptors (Lipinski definition) is 3. The van der Waals surface area contributed by atoms with Gasteiger partial charge < -0.3 is 10.6 Å². The first-order valence-electron chi connectivity index (χ1n) is 8.48. The number of rotatable bonds is 5. The van der Waals surface area contributed by atoms with Crippen LogP contribution in [-0.2, 0) is 4.79 Å². The molecule has 0 fully saturated rings. The minimum atomic E-state index is -0.438. The van der Waals surface area contributed by atoms with Gasteiger partial charge >= 0.3 is 0 Å². The zero-order chi connectivity index (χ0) is 19.3. The van der Waals surface area contributed by atoms with Crippen LogP contribution in [0, 0.1) is 12.3 Å². The summed E-state index contributed by atoms with van der Waals surface area (Å²) in [6.07, 6.45) is 0. The number of hydrogen-bond donors (Lipinski definition) is 2. The Kier molecular flexibility index (Phi) is 6.53. The van der Waals surface area contributed by atoms with Crippen molar-refractivity contribution in [1.82, 2.24) is 15.6 Å². The van der Waals surface area contributed by atoms with Crippen LogP contribution in [0.15, 0.2) is 40.9 Å². The number of carbonyl (C=O) groups excluding carboxylic acids is 2. The molecule has 0 spiro atoms. The number of carbonyl (C=O) groups is 2. The lowest BCUT2D eigenvalue weighted by Crippen LogP contribution is -2.40. The van der Waals surface area contributed by atoms with Crippen LogP contribution in [0.3, 0.4) is 0 Å². The van der Waals surface area contributed by atoms with Gasteiger partial charge in [-0.1, -0.05) is 48.8 Å². The number of benzene rings is 1. The van der Waals surface area contributed by atoms with Crippen molar-refractivity contribution in [3.63, 3.8) is 0 Å². The second-order valence-electron chi connectivity index (χ2n) is 7.10. The van der Waals surface area contributed by atoms with Gasteiger partial charge in [0.1, 0.15) is 0 Å². The molecule has 26 heavy (non-hydrogen) atoms. The van der Waals surface area contributed by atoms with Crippen molar-refractivity contribution in [1.29, 1.82) is 0 Å². The fourth-order valence-electron chi connectivity index (χ4n) is 2.32. The molecule has 2 rings (SSSR count). The zero-order valence-electron chi connectivity index (χ0n) is 15.5. The van der Waals surface area contributed by atoms with E-state index in [9.17, 15) is 9.59 Å². The summed E-state index contributed by atoms with van der Waals surface area (Å²) in [7, 11) is 0. The largest absolute Gasteiger partial charge is 0.354 e. The lowest BCUT2D eigenvalue weighted by molar-refractivity contribution is -0.128. The summed E-state index contributed by atoms with van der Waals surface area (Å²) in [5.74, 6) is -0.233. The van der Waals surface area contributed by atoms with Crippen molar-refractivity contribution < 1.29 is 9.59 Å². The maximum atomic E-state index is 12.3. The Bertz CT molecular complexity index is 813. The Hall–Kier alpha value is -2.21. The molecule has 6 heteroatoms. The number of aryl methyl sites for hydroxylation is 1. The zero-order valence-corrected chi connectivity index (χ0v) is 17.1. The first kappa shape index (κ1) is 20.1. The number of pyridine rings is 1. The highest BCUT2D eigenvalue weighted by molar-refractivity contribution is 9.10. The summed E-state index contributed by atoms with van der Waals surface area (Å²) in [5, 5.41) is 5.62. The van der Waals surface area contributed by atoms with Gasteiger partial charge in [0.25, 0.3) is 5.91 Å². The van der Waals surface area contributed by atoms with E-state index in [4.69, 9.17) is 0 Å². The maximum Gasteiger partial charge on any atom is 0.253 e. The number of nitrogens with one attached hydrogen (secondary N) is 2. The quantitative estimate of drug-likeness (QED) is 0.728. The van der Waals surface area contributed by atoms with Crippen LogP contribution in [0.4, 0.5) is 0 Å². The molecule has 0 saturated carbocycles. The second-order valence-corrected chi connectivity index (χ2v) is 8.02. The molecule has 0 aliphatic heterocycles. The monoisotopic (exact) mass is 417 g/mol.